The highest BCUT2D eigenvalue weighted by Crippen LogP contribution is 2.43. The summed E-state index contributed by atoms with van der Waals surface area (Å²) >= 11 is 6.31. The van der Waals surface area contributed by atoms with Crippen LogP contribution in [0.15, 0.2) is 9.47 Å². The molecule has 0 N–H and O–H groups in total. The van der Waals surface area contributed by atoms with E-state index in [0.717, 1.165) is 0 Å². The summed E-state index contributed by atoms with van der Waals surface area (Å²) in [7, 11) is 0. The van der Waals surface area contributed by atoms with Gasteiger partial charge < -0.3 is 0 Å². The van der Waals surface area contributed by atoms with Gasteiger partial charge in [0.25, 0.3) is 0 Å². The molecule has 7 heteroatoms. The summed E-state index contributed by atoms with van der Waals surface area (Å²) in [5, 5.41) is 4.01. The Bertz CT molecular complexity index is 345. The molecule has 1 aliphatic carbocycles. The van der Waals surface area contributed by atoms with E-state index in [4.69, 9.17) is 0 Å². The minimum atomic E-state index is -2.46. The Morgan fingerprint density at radius 3 is 2.50 bits per heavy atom. The van der Waals surface area contributed by atoms with Gasteiger partial charge in [-0.2, -0.15) is 4.98 Å². The van der Waals surface area contributed by atoms with E-state index in [1.807, 2.05) is 0 Å². The number of hydrogen-bond acceptors (Lipinski definition) is 2. The average molecular weight is 331 g/mol. The zero-order chi connectivity index (χ0) is 10.3. The van der Waals surface area contributed by atoms with E-state index in [1.54, 1.807) is 4.68 Å². The lowest BCUT2D eigenvalue weighted by molar-refractivity contribution is -0.114. The van der Waals surface area contributed by atoms with E-state index in [1.165, 1.54) is 0 Å². The predicted molar refractivity (Wildman–Crippen MR) is 53.1 cm³/mol. The van der Waals surface area contributed by atoms with Crippen molar-refractivity contribution in [1.82, 2.24) is 14.8 Å². The van der Waals surface area contributed by atoms with Gasteiger partial charge >= 0.3 is 0 Å². The Morgan fingerprint density at radius 2 is 2.07 bits per heavy atom. The van der Waals surface area contributed by atoms with Gasteiger partial charge in [-0.3, -0.25) is 0 Å². The first-order chi connectivity index (χ1) is 6.46. The fourth-order valence-corrected chi connectivity index (χ4v) is 2.56. The highest BCUT2D eigenvalue weighted by Gasteiger charge is 2.45. The Balaban J connectivity index is 1.96. The van der Waals surface area contributed by atoms with Crippen molar-refractivity contribution in [2.75, 3.05) is 0 Å². The molecule has 0 spiro atoms. The van der Waals surface area contributed by atoms with Crippen LogP contribution in [0.1, 0.15) is 12.8 Å². The summed E-state index contributed by atoms with van der Waals surface area (Å²) in [6.45, 7) is 0.495. The summed E-state index contributed by atoms with van der Waals surface area (Å²) in [4.78, 5) is 3.96. The molecule has 14 heavy (non-hydrogen) atoms. The van der Waals surface area contributed by atoms with Crippen LogP contribution in [0.25, 0.3) is 0 Å². The molecule has 1 aliphatic rings. The molecule has 0 bridgehead atoms. The fraction of sp³-hybridized carbons (Fsp3) is 0.714. The lowest BCUT2D eigenvalue weighted by atomic mass is 9.81. The predicted octanol–water partition coefficient (Wildman–Crippen LogP) is 2.85. The van der Waals surface area contributed by atoms with Gasteiger partial charge in [-0.1, -0.05) is 0 Å². The summed E-state index contributed by atoms with van der Waals surface area (Å²) in [5.74, 6) is -2.45. The van der Waals surface area contributed by atoms with Crippen LogP contribution in [0, 0.1) is 5.92 Å². The van der Waals surface area contributed by atoms with Crippen molar-refractivity contribution in [2.45, 2.75) is 25.3 Å². The normalized spacial score (nSPS) is 20.9. The SMILES string of the molecule is FC1(F)CC(Cn2nc(Br)nc2Br)C1. The topological polar surface area (TPSA) is 30.7 Å². The minimum Gasteiger partial charge on any atom is -0.239 e. The van der Waals surface area contributed by atoms with Crippen molar-refractivity contribution < 1.29 is 8.78 Å². The highest BCUT2D eigenvalue weighted by atomic mass is 79.9. The molecule has 0 unspecified atom stereocenters. The first-order valence-corrected chi connectivity index (χ1v) is 5.68. The Hall–Kier alpha value is -0.0400. The molecular weight excluding hydrogens is 324 g/mol. The molecule has 78 valence electrons. The van der Waals surface area contributed by atoms with Crippen LogP contribution >= 0.6 is 31.9 Å². The second-order valence-corrected chi connectivity index (χ2v) is 4.88. The molecule has 0 saturated heterocycles. The molecule has 1 saturated carbocycles. The molecule has 0 amide bonds. The van der Waals surface area contributed by atoms with Crippen LogP contribution in [0.2, 0.25) is 0 Å². The van der Waals surface area contributed by atoms with Crippen LogP contribution in [0.5, 0.6) is 0 Å². The number of aromatic nitrogens is 3. The maximum atomic E-state index is 12.5. The van der Waals surface area contributed by atoms with Gasteiger partial charge in [0.1, 0.15) is 0 Å². The zero-order valence-electron chi connectivity index (χ0n) is 7.05. The molecule has 0 aliphatic heterocycles. The molecular formula is C7H7Br2F2N3. The maximum absolute atomic E-state index is 12.5. The zero-order valence-corrected chi connectivity index (χ0v) is 10.2. The van der Waals surface area contributed by atoms with Crippen molar-refractivity contribution in [3.63, 3.8) is 0 Å². The molecule has 0 atom stereocenters. The highest BCUT2D eigenvalue weighted by molar-refractivity contribution is 9.11. The standard InChI is InChI=1S/C7H7Br2F2N3/c8-5-12-6(9)14(13-5)3-4-1-7(10,11)2-4/h4H,1-3H2. The lowest BCUT2D eigenvalue weighted by Crippen LogP contribution is -2.37. The molecule has 1 aromatic rings. The third-order valence-corrected chi connectivity index (χ3v) is 3.13. The number of nitrogens with zero attached hydrogens (tertiary/aromatic N) is 3. The Labute approximate surface area is 96.1 Å². The third kappa shape index (κ3) is 2.13. The Morgan fingerprint density at radius 1 is 1.43 bits per heavy atom. The van der Waals surface area contributed by atoms with Crippen molar-refractivity contribution in [2.24, 2.45) is 5.92 Å². The monoisotopic (exact) mass is 329 g/mol. The van der Waals surface area contributed by atoms with Crippen LogP contribution in [-0.4, -0.2) is 20.7 Å². The summed E-state index contributed by atoms with van der Waals surface area (Å²) < 4.78 is 27.7. The Kier molecular flexibility index (Phi) is 2.63. The molecule has 1 heterocycles. The van der Waals surface area contributed by atoms with Crippen LogP contribution < -0.4 is 0 Å². The first-order valence-electron chi connectivity index (χ1n) is 4.10. The smallest absolute Gasteiger partial charge is 0.239 e. The van der Waals surface area contributed by atoms with Gasteiger partial charge in [-0.25, -0.2) is 13.5 Å². The second-order valence-electron chi connectivity index (χ2n) is 3.46. The van der Waals surface area contributed by atoms with E-state index < -0.39 is 5.92 Å². The summed E-state index contributed by atoms with van der Waals surface area (Å²) in [6.07, 6.45) is -0.0894. The summed E-state index contributed by atoms with van der Waals surface area (Å²) in [6, 6.07) is 0. The fourth-order valence-electron chi connectivity index (χ4n) is 1.57. The van der Waals surface area contributed by atoms with Crippen molar-refractivity contribution in [1.29, 1.82) is 0 Å². The van der Waals surface area contributed by atoms with Crippen molar-refractivity contribution >= 4 is 31.9 Å². The van der Waals surface area contributed by atoms with Crippen LogP contribution in [-0.2, 0) is 6.54 Å². The van der Waals surface area contributed by atoms with E-state index in [2.05, 4.69) is 41.9 Å². The number of hydrogen-bond donors (Lipinski definition) is 0. The lowest BCUT2D eigenvalue weighted by Gasteiger charge is -2.34. The van der Waals surface area contributed by atoms with E-state index >= 15 is 0 Å². The number of rotatable bonds is 2. The molecule has 1 aromatic heterocycles. The minimum absolute atomic E-state index is 0.00917. The molecule has 1 fully saturated rings. The van der Waals surface area contributed by atoms with Gasteiger partial charge in [0.2, 0.25) is 10.7 Å². The molecule has 3 nitrogen and oxygen atoms in total. The number of halogens is 4. The van der Waals surface area contributed by atoms with Gasteiger partial charge in [0.15, 0.2) is 4.73 Å². The molecule has 0 radical (unpaired) electrons. The van der Waals surface area contributed by atoms with Gasteiger partial charge in [-0.15, -0.1) is 5.10 Å². The van der Waals surface area contributed by atoms with Gasteiger partial charge in [0.05, 0.1) is 0 Å². The second kappa shape index (κ2) is 3.52. The molecule has 2 rings (SSSR count). The first kappa shape index (κ1) is 10.5. The van der Waals surface area contributed by atoms with Gasteiger partial charge in [-0.05, 0) is 37.8 Å². The average Bonchev–Trinajstić information content (AvgIpc) is 2.26. The van der Waals surface area contributed by atoms with Crippen molar-refractivity contribution in [3.05, 3.63) is 9.47 Å². The summed E-state index contributed by atoms with van der Waals surface area (Å²) in [5.41, 5.74) is 0. The largest absolute Gasteiger partial charge is 0.248 e. The quantitative estimate of drug-likeness (QED) is 0.834. The number of alkyl halides is 2. The van der Waals surface area contributed by atoms with Crippen LogP contribution in [0.3, 0.4) is 0 Å². The maximum Gasteiger partial charge on any atom is 0.248 e. The van der Waals surface area contributed by atoms with Crippen molar-refractivity contribution in [3.8, 4) is 0 Å². The third-order valence-electron chi connectivity index (χ3n) is 2.21. The van der Waals surface area contributed by atoms with Gasteiger partial charge in [0, 0.05) is 19.4 Å². The van der Waals surface area contributed by atoms with E-state index in [-0.39, 0.29) is 18.8 Å². The van der Waals surface area contributed by atoms with E-state index in [0.29, 0.717) is 16.0 Å². The molecule has 0 aromatic carbocycles. The van der Waals surface area contributed by atoms with Crippen LogP contribution in [0.4, 0.5) is 8.78 Å². The van der Waals surface area contributed by atoms with E-state index in [9.17, 15) is 8.78 Å².